The van der Waals surface area contributed by atoms with Gasteiger partial charge in [0.15, 0.2) is 5.78 Å². The van der Waals surface area contributed by atoms with E-state index in [0.717, 1.165) is 0 Å². The standard InChI is InChI=1S/C9H11BNO/c1-10-6-9(12)7-3-2-4-8(11)5-7/h2-5H,6,11H2,1H3. The van der Waals surface area contributed by atoms with Crippen molar-refractivity contribution in [3.63, 3.8) is 0 Å². The Morgan fingerprint density at radius 1 is 1.58 bits per heavy atom. The van der Waals surface area contributed by atoms with E-state index in [4.69, 9.17) is 5.73 Å². The summed E-state index contributed by atoms with van der Waals surface area (Å²) in [6.07, 6.45) is 0.476. The van der Waals surface area contributed by atoms with E-state index in [-0.39, 0.29) is 5.78 Å². The van der Waals surface area contributed by atoms with Crippen molar-refractivity contribution in [1.82, 2.24) is 0 Å². The van der Waals surface area contributed by atoms with Gasteiger partial charge in [-0.3, -0.25) is 4.79 Å². The fraction of sp³-hybridized carbons (Fsp3) is 0.222. The number of carbonyl (C=O) groups is 1. The lowest BCUT2D eigenvalue weighted by molar-refractivity contribution is 0.101. The summed E-state index contributed by atoms with van der Waals surface area (Å²) in [5, 5.41) is 0. The number of nitrogen functional groups attached to an aromatic ring is 1. The van der Waals surface area contributed by atoms with Crippen LogP contribution in [0.1, 0.15) is 10.4 Å². The molecule has 0 heterocycles. The quantitative estimate of drug-likeness (QED) is 0.414. The third-order valence-corrected chi connectivity index (χ3v) is 1.60. The maximum atomic E-state index is 11.3. The number of Topliss-reactive ketones (excluding diaryl/α,β-unsaturated/α-hetero) is 1. The van der Waals surface area contributed by atoms with Crippen molar-refractivity contribution in [2.75, 3.05) is 5.73 Å². The SMILES string of the molecule is C[B]CC(=O)c1cccc(N)c1. The summed E-state index contributed by atoms with van der Waals surface area (Å²) >= 11 is 0. The molecule has 1 radical (unpaired) electrons. The molecule has 0 saturated heterocycles. The molecule has 0 aliphatic carbocycles. The van der Waals surface area contributed by atoms with Gasteiger partial charge < -0.3 is 5.73 Å². The van der Waals surface area contributed by atoms with Crippen molar-refractivity contribution in [2.24, 2.45) is 0 Å². The summed E-state index contributed by atoms with van der Waals surface area (Å²) in [6, 6.07) is 7.04. The molecule has 61 valence electrons. The average molecular weight is 160 g/mol. The Morgan fingerprint density at radius 2 is 2.33 bits per heavy atom. The van der Waals surface area contributed by atoms with Crippen molar-refractivity contribution in [3.8, 4) is 0 Å². The van der Waals surface area contributed by atoms with E-state index in [2.05, 4.69) is 0 Å². The summed E-state index contributed by atoms with van der Waals surface area (Å²) < 4.78 is 0. The second kappa shape index (κ2) is 3.95. The number of anilines is 1. The zero-order valence-corrected chi connectivity index (χ0v) is 7.08. The Morgan fingerprint density at radius 3 is 2.92 bits per heavy atom. The Bertz CT molecular complexity index is 286. The van der Waals surface area contributed by atoms with E-state index in [1.54, 1.807) is 24.3 Å². The number of hydrogen-bond acceptors (Lipinski definition) is 2. The molecule has 1 aromatic rings. The van der Waals surface area contributed by atoms with Crippen LogP contribution < -0.4 is 5.73 Å². The molecule has 0 atom stereocenters. The minimum atomic E-state index is 0.116. The second-order valence-corrected chi connectivity index (χ2v) is 2.66. The van der Waals surface area contributed by atoms with Gasteiger partial charge in [-0.15, -0.1) is 0 Å². The molecule has 1 aromatic carbocycles. The summed E-state index contributed by atoms with van der Waals surface area (Å²) in [7, 11) is 1.84. The average Bonchev–Trinajstić information content (AvgIpc) is 2.05. The molecule has 0 aliphatic heterocycles. The van der Waals surface area contributed by atoms with Gasteiger partial charge in [0.2, 0.25) is 0 Å². The van der Waals surface area contributed by atoms with Gasteiger partial charge in [-0.25, -0.2) is 0 Å². The summed E-state index contributed by atoms with van der Waals surface area (Å²) in [6.45, 7) is 1.87. The van der Waals surface area contributed by atoms with Gasteiger partial charge in [-0.2, -0.15) is 0 Å². The fourth-order valence-corrected chi connectivity index (χ4v) is 1.02. The summed E-state index contributed by atoms with van der Waals surface area (Å²) in [5.41, 5.74) is 6.85. The second-order valence-electron chi connectivity index (χ2n) is 2.66. The van der Waals surface area contributed by atoms with Gasteiger partial charge in [-0.1, -0.05) is 19.0 Å². The van der Waals surface area contributed by atoms with E-state index in [9.17, 15) is 4.79 Å². The van der Waals surface area contributed by atoms with E-state index in [1.165, 1.54) is 0 Å². The van der Waals surface area contributed by atoms with Crippen LogP contribution >= 0.6 is 0 Å². The fourth-order valence-electron chi connectivity index (χ4n) is 1.02. The maximum absolute atomic E-state index is 11.3. The van der Waals surface area contributed by atoms with Crippen molar-refractivity contribution in [3.05, 3.63) is 29.8 Å². The van der Waals surface area contributed by atoms with Crippen LogP contribution in [0.2, 0.25) is 13.1 Å². The summed E-state index contributed by atoms with van der Waals surface area (Å²) in [5.74, 6) is 0.116. The predicted molar refractivity (Wildman–Crippen MR) is 51.6 cm³/mol. The van der Waals surface area contributed by atoms with Crippen LogP contribution in [0.25, 0.3) is 0 Å². The molecule has 0 fully saturated rings. The van der Waals surface area contributed by atoms with Crippen molar-refractivity contribution < 1.29 is 4.79 Å². The van der Waals surface area contributed by atoms with Gasteiger partial charge in [0.1, 0.15) is 7.28 Å². The zero-order valence-electron chi connectivity index (χ0n) is 7.08. The van der Waals surface area contributed by atoms with Crippen LogP contribution in [0, 0.1) is 0 Å². The number of rotatable bonds is 3. The Hall–Kier alpha value is -1.25. The third kappa shape index (κ3) is 2.12. The van der Waals surface area contributed by atoms with Crippen molar-refractivity contribution >= 4 is 18.8 Å². The summed E-state index contributed by atoms with van der Waals surface area (Å²) in [4.78, 5) is 11.3. The molecule has 1 rings (SSSR count). The normalized spacial score (nSPS) is 9.42. The molecule has 0 aromatic heterocycles. The molecule has 2 N–H and O–H groups in total. The predicted octanol–water partition coefficient (Wildman–Crippen LogP) is 1.62. The van der Waals surface area contributed by atoms with E-state index >= 15 is 0 Å². The number of carbonyl (C=O) groups excluding carboxylic acids is 1. The minimum Gasteiger partial charge on any atom is -0.399 e. The monoisotopic (exact) mass is 160 g/mol. The van der Waals surface area contributed by atoms with Gasteiger partial charge in [-0.05, 0) is 18.5 Å². The molecule has 0 saturated carbocycles. The Balaban J connectivity index is 2.81. The zero-order chi connectivity index (χ0) is 8.97. The lowest BCUT2D eigenvalue weighted by Crippen LogP contribution is -2.01. The maximum Gasteiger partial charge on any atom is 0.155 e. The highest BCUT2D eigenvalue weighted by Crippen LogP contribution is 2.08. The lowest BCUT2D eigenvalue weighted by Gasteiger charge is -1.98. The molecule has 0 spiro atoms. The third-order valence-electron chi connectivity index (χ3n) is 1.60. The minimum absolute atomic E-state index is 0.116. The van der Waals surface area contributed by atoms with Crippen LogP contribution in [-0.4, -0.2) is 13.1 Å². The largest absolute Gasteiger partial charge is 0.399 e. The Kier molecular flexibility index (Phi) is 2.91. The molecule has 0 amide bonds. The first-order valence-electron chi connectivity index (χ1n) is 3.90. The van der Waals surface area contributed by atoms with Crippen LogP contribution in [0.15, 0.2) is 24.3 Å². The number of nitrogens with two attached hydrogens (primary N) is 1. The molecule has 2 nitrogen and oxygen atoms in total. The number of hydrogen-bond donors (Lipinski definition) is 1. The van der Waals surface area contributed by atoms with E-state index in [1.807, 2.05) is 14.1 Å². The molecular weight excluding hydrogens is 149 g/mol. The number of benzene rings is 1. The van der Waals surface area contributed by atoms with Crippen LogP contribution in [-0.2, 0) is 0 Å². The van der Waals surface area contributed by atoms with Crippen LogP contribution in [0.5, 0.6) is 0 Å². The van der Waals surface area contributed by atoms with Gasteiger partial charge in [0.25, 0.3) is 0 Å². The highest BCUT2D eigenvalue weighted by Gasteiger charge is 2.03. The first kappa shape index (κ1) is 8.85. The molecule has 12 heavy (non-hydrogen) atoms. The van der Waals surface area contributed by atoms with Crippen molar-refractivity contribution in [2.45, 2.75) is 13.1 Å². The molecular formula is C9H11BNO. The first-order valence-corrected chi connectivity index (χ1v) is 3.90. The highest BCUT2D eigenvalue weighted by molar-refractivity contribution is 6.41. The van der Waals surface area contributed by atoms with Crippen LogP contribution in [0.3, 0.4) is 0 Å². The van der Waals surface area contributed by atoms with Gasteiger partial charge >= 0.3 is 0 Å². The van der Waals surface area contributed by atoms with E-state index in [0.29, 0.717) is 17.6 Å². The molecule has 0 bridgehead atoms. The lowest BCUT2D eigenvalue weighted by atomic mass is 9.75. The molecule has 0 unspecified atom stereocenters. The van der Waals surface area contributed by atoms with Crippen molar-refractivity contribution in [1.29, 1.82) is 0 Å². The topological polar surface area (TPSA) is 43.1 Å². The molecule has 0 aliphatic rings. The smallest absolute Gasteiger partial charge is 0.155 e. The number of ketones is 1. The Labute approximate surface area is 73.0 Å². The van der Waals surface area contributed by atoms with Crippen LogP contribution in [0.4, 0.5) is 5.69 Å². The highest BCUT2D eigenvalue weighted by atomic mass is 16.1. The van der Waals surface area contributed by atoms with E-state index < -0.39 is 0 Å². The molecule has 3 heteroatoms. The first-order chi connectivity index (χ1) is 5.74. The van der Waals surface area contributed by atoms with Gasteiger partial charge in [0, 0.05) is 11.3 Å². The van der Waals surface area contributed by atoms with Gasteiger partial charge in [0.05, 0.1) is 0 Å².